The second-order valence-electron chi connectivity index (χ2n) is 2.71. The van der Waals surface area contributed by atoms with Gasteiger partial charge in [0, 0.05) is 19.7 Å². The molecule has 1 N–H and O–H groups in total. The second kappa shape index (κ2) is 4.70. The standard InChI is InChI=1S/C9H15N3/c1-3-4-5-9-11-7-6-8(10-2)12-9/h6-7H,3-5H2,1-2H3,(H,10,11,12). The lowest BCUT2D eigenvalue weighted by Crippen LogP contribution is -1.98. The van der Waals surface area contributed by atoms with Crippen LogP contribution in [0, 0.1) is 0 Å². The van der Waals surface area contributed by atoms with Crippen molar-refractivity contribution < 1.29 is 0 Å². The van der Waals surface area contributed by atoms with Crippen molar-refractivity contribution in [3.8, 4) is 0 Å². The molecule has 0 atom stereocenters. The summed E-state index contributed by atoms with van der Waals surface area (Å²) < 4.78 is 0. The largest absolute Gasteiger partial charge is 0.373 e. The average Bonchev–Trinajstić information content (AvgIpc) is 2.15. The predicted molar refractivity (Wildman–Crippen MR) is 50.2 cm³/mol. The summed E-state index contributed by atoms with van der Waals surface area (Å²) >= 11 is 0. The molecule has 12 heavy (non-hydrogen) atoms. The van der Waals surface area contributed by atoms with Crippen molar-refractivity contribution in [3.05, 3.63) is 18.1 Å². The summed E-state index contributed by atoms with van der Waals surface area (Å²) in [6.07, 6.45) is 5.12. The van der Waals surface area contributed by atoms with Crippen LogP contribution in [-0.4, -0.2) is 17.0 Å². The lowest BCUT2D eigenvalue weighted by atomic mass is 10.2. The number of hydrogen-bond donors (Lipinski definition) is 1. The Morgan fingerprint density at radius 1 is 1.50 bits per heavy atom. The van der Waals surface area contributed by atoms with Gasteiger partial charge in [0.2, 0.25) is 0 Å². The molecule has 0 amide bonds. The molecule has 0 saturated heterocycles. The first kappa shape index (κ1) is 8.97. The maximum absolute atomic E-state index is 4.31. The van der Waals surface area contributed by atoms with Crippen LogP contribution in [0.1, 0.15) is 25.6 Å². The van der Waals surface area contributed by atoms with E-state index in [1.165, 1.54) is 6.42 Å². The van der Waals surface area contributed by atoms with Gasteiger partial charge in [-0.05, 0) is 12.5 Å². The van der Waals surface area contributed by atoms with Crippen LogP contribution in [0.4, 0.5) is 5.82 Å². The van der Waals surface area contributed by atoms with Crippen LogP contribution in [0.5, 0.6) is 0 Å². The Labute approximate surface area is 73.2 Å². The maximum atomic E-state index is 4.31. The molecule has 0 radical (unpaired) electrons. The highest BCUT2D eigenvalue weighted by atomic mass is 15.0. The fourth-order valence-electron chi connectivity index (χ4n) is 0.994. The van der Waals surface area contributed by atoms with Gasteiger partial charge in [-0.15, -0.1) is 0 Å². The van der Waals surface area contributed by atoms with Crippen LogP contribution in [0.3, 0.4) is 0 Å². The highest BCUT2D eigenvalue weighted by Gasteiger charge is 1.95. The third-order valence-electron chi connectivity index (χ3n) is 1.72. The van der Waals surface area contributed by atoms with Gasteiger partial charge in [0.25, 0.3) is 0 Å². The van der Waals surface area contributed by atoms with Gasteiger partial charge in [0.1, 0.15) is 11.6 Å². The summed E-state index contributed by atoms with van der Waals surface area (Å²) in [5.74, 6) is 1.83. The Kier molecular flexibility index (Phi) is 3.51. The molecule has 0 fully saturated rings. The van der Waals surface area contributed by atoms with E-state index in [-0.39, 0.29) is 0 Å². The molecule has 0 aliphatic carbocycles. The molecule has 3 nitrogen and oxygen atoms in total. The van der Waals surface area contributed by atoms with Crippen molar-refractivity contribution >= 4 is 5.82 Å². The third kappa shape index (κ3) is 2.49. The Bertz CT molecular complexity index is 235. The van der Waals surface area contributed by atoms with Crippen molar-refractivity contribution in [2.24, 2.45) is 0 Å². The van der Waals surface area contributed by atoms with E-state index in [0.29, 0.717) is 0 Å². The van der Waals surface area contributed by atoms with E-state index in [2.05, 4.69) is 22.2 Å². The molecule has 1 heterocycles. The van der Waals surface area contributed by atoms with Crippen LogP contribution in [0.15, 0.2) is 12.3 Å². The molecule has 0 bridgehead atoms. The zero-order valence-corrected chi connectivity index (χ0v) is 7.67. The first-order chi connectivity index (χ1) is 5.86. The zero-order valence-electron chi connectivity index (χ0n) is 7.67. The zero-order chi connectivity index (χ0) is 8.81. The maximum Gasteiger partial charge on any atom is 0.130 e. The minimum atomic E-state index is 0.899. The second-order valence-corrected chi connectivity index (χ2v) is 2.71. The fourth-order valence-corrected chi connectivity index (χ4v) is 0.994. The van der Waals surface area contributed by atoms with E-state index in [9.17, 15) is 0 Å². The highest BCUT2D eigenvalue weighted by Crippen LogP contribution is 2.03. The highest BCUT2D eigenvalue weighted by molar-refractivity contribution is 5.31. The molecule has 0 unspecified atom stereocenters. The van der Waals surface area contributed by atoms with Gasteiger partial charge in [-0.1, -0.05) is 13.3 Å². The third-order valence-corrected chi connectivity index (χ3v) is 1.72. The van der Waals surface area contributed by atoms with Crippen LogP contribution in [-0.2, 0) is 6.42 Å². The Balaban J connectivity index is 2.60. The van der Waals surface area contributed by atoms with Gasteiger partial charge in [0.15, 0.2) is 0 Å². The van der Waals surface area contributed by atoms with Crippen molar-refractivity contribution in [1.82, 2.24) is 9.97 Å². The van der Waals surface area contributed by atoms with Gasteiger partial charge < -0.3 is 5.32 Å². The van der Waals surface area contributed by atoms with Crippen LogP contribution < -0.4 is 5.32 Å². The minimum Gasteiger partial charge on any atom is -0.373 e. The topological polar surface area (TPSA) is 37.8 Å². The molecule has 0 aliphatic heterocycles. The number of aryl methyl sites for hydroxylation is 1. The fraction of sp³-hybridized carbons (Fsp3) is 0.556. The summed E-state index contributed by atoms with van der Waals surface area (Å²) in [5.41, 5.74) is 0. The minimum absolute atomic E-state index is 0.899. The predicted octanol–water partition coefficient (Wildman–Crippen LogP) is 1.86. The first-order valence-corrected chi connectivity index (χ1v) is 4.36. The molecular weight excluding hydrogens is 150 g/mol. The van der Waals surface area contributed by atoms with Gasteiger partial charge in [0.05, 0.1) is 0 Å². The van der Waals surface area contributed by atoms with E-state index in [4.69, 9.17) is 0 Å². The van der Waals surface area contributed by atoms with E-state index < -0.39 is 0 Å². The van der Waals surface area contributed by atoms with Crippen molar-refractivity contribution in [2.45, 2.75) is 26.2 Å². The quantitative estimate of drug-likeness (QED) is 0.740. The normalized spacial score (nSPS) is 9.83. The molecule has 1 aromatic heterocycles. The lowest BCUT2D eigenvalue weighted by Gasteiger charge is -2.01. The number of anilines is 1. The number of rotatable bonds is 4. The monoisotopic (exact) mass is 165 g/mol. The summed E-state index contributed by atoms with van der Waals surface area (Å²) in [7, 11) is 1.87. The molecule has 3 heteroatoms. The molecule has 0 saturated carbocycles. The van der Waals surface area contributed by atoms with Gasteiger partial charge >= 0.3 is 0 Å². The molecule has 0 aromatic carbocycles. The van der Waals surface area contributed by atoms with Crippen molar-refractivity contribution in [1.29, 1.82) is 0 Å². The van der Waals surface area contributed by atoms with E-state index in [1.54, 1.807) is 6.20 Å². The van der Waals surface area contributed by atoms with E-state index in [0.717, 1.165) is 24.5 Å². The first-order valence-electron chi connectivity index (χ1n) is 4.36. The molecule has 1 aromatic rings. The summed E-state index contributed by atoms with van der Waals surface area (Å²) in [5, 5.41) is 2.99. The molecule has 1 rings (SSSR count). The number of nitrogens with zero attached hydrogens (tertiary/aromatic N) is 2. The average molecular weight is 165 g/mol. The Hall–Kier alpha value is -1.12. The van der Waals surface area contributed by atoms with Crippen LogP contribution in [0.25, 0.3) is 0 Å². The Morgan fingerprint density at radius 3 is 3.00 bits per heavy atom. The molecule has 0 aliphatic rings. The number of unbranched alkanes of at least 4 members (excludes halogenated alkanes) is 1. The number of nitrogens with one attached hydrogen (secondary N) is 1. The van der Waals surface area contributed by atoms with Gasteiger partial charge in [-0.2, -0.15) is 0 Å². The van der Waals surface area contributed by atoms with Crippen molar-refractivity contribution in [2.75, 3.05) is 12.4 Å². The van der Waals surface area contributed by atoms with Gasteiger partial charge in [-0.3, -0.25) is 0 Å². The SMILES string of the molecule is CCCCc1nccc(NC)n1. The molecular formula is C9H15N3. The van der Waals surface area contributed by atoms with Crippen molar-refractivity contribution in [3.63, 3.8) is 0 Å². The Morgan fingerprint density at radius 2 is 2.33 bits per heavy atom. The smallest absolute Gasteiger partial charge is 0.130 e. The summed E-state index contributed by atoms with van der Waals surface area (Å²) in [6, 6.07) is 1.87. The molecule has 0 spiro atoms. The number of hydrogen-bond acceptors (Lipinski definition) is 3. The molecule has 66 valence electrons. The number of aromatic nitrogens is 2. The summed E-state index contributed by atoms with van der Waals surface area (Å²) in [4.78, 5) is 8.48. The van der Waals surface area contributed by atoms with E-state index >= 15 is 0 Å². The van der Waals surface area contributed by atoms with Gasteiger partial charge in [-0.25, -0.2) is 9.97 Å². The summed E-state index contributed by atoms with van der Waals surface area (Å²) in [6.45, 7) is 2.17. The van der Waals surface area contributed by atoms with Crippen LogP contribution in [0.2, 0.25) is 0 Å². The van der Waals surface area contributed by atoms with Crippen LogP contribution >= 0.6 is 0 Å². The lowest BCUT2D eigenvalue weighted by molar-refractivity contribution is 0.753. The van der Waals surface area contributed by atoms with E-state index in [1.807, 2.05) is 13.1 Å².